The average Bonchev–Trinajstić information content (AvgIpc) is 3.10. The Labute approximate surface area is 166 Å². The van der Waals surface area contributed by atoms with Gasteiger partial charge in [0.05, 0.1) is 0 Å². The molecular weight excluding hydrogens is 376 g/mol. The molecule has 1 amide bonds. The lowest BCUT2D eigenvalue weighted by molar-refractivity contribution is 0.0766. The van der Waals surface area contributed by atoms with E-state index in [4.69, 9.17) is 0 Å². The molecule has 0 unspecified atom stereocenters. The lowest BCUT2D eigenvalue weighted by atomic mass is 10.2. The van der Waals surface area contributed by atoms with Gasteiger partial charge in [0.15, 0.2) is 0 Å². The molecule has 150 valence electrons. The molecular formula is C20H26N4O3S. The highest BCUT2D eigenvalue weighted by Crippen LogP contribution is 2.24. The minimum atomic E-state index is -3.61. The Hall–Kier alpha value is -2.32. The second-order valence-electron chi connectivity index (χ2n) is 7.22. The predicted octanol–water partition coefficient (Wildman–Crippen LogP) is 1.86. The van der Waals surface area contributed by atoms with Crippen LogP contribution in [0.3, 0.4) is 0 Å². The van der Waals surface area contributed by atoms with E-state index in [0.29, 0.717) is 51.5 Å². The van der Waals surface area contributed by atoms with E-state index < -0.39 is 10.0 Å². The molecule has 1 fully saturated rings. The summed E-state index contributed by atoms with van der Waals surface area (Å²) in [6.07, 6.45) is 2.46. The Bertz CT molecular complexity index is 947. The molecule has 3 heterocycles. The number of hydrogen-bond donors (Lipinski definition) is 0. The molecule has 0 radical (unpaired) electrons. The molecule has 0 aliphatic carbocycles. The van der Waals surface area contributed by atoms with E-state index in [1.807, 2.05) is 37.3 Å². The first kappa shape index (κ1) is 19.0. The Kier molecular flexibility index (Phi) is 5.16. The Morgan fingerprint density at radius 2 is 1.68 bits per heavy atom. The van der Waals surface area contributed by atoms with Crippen molar-refractivity contribution in [3.05, 3.63) is 48.3 Å². The first-order valence-corrected chi connectivity index (χ1v) is 11.2. The smallest absolute Gasteiger partial charge is 0.270 e. The molecule has 1 aromatic carbocycles. The van der Waals surface area contributed by atoms with E-state index in [1.54, 1.807) is 21.7 Å². The van der Waals surface area contributed by atoms with Crippen LogP contribution < -0.4 is 4.90 Å². The van der Waals surface area contributed by atoms with Gasteiger partial charge in [-0.15, -0.1) is 0 Å². The summed E-state index contributed by atoms with van der Waals surface area (Å²) >= 11 is 0. The number of nitrogens with zero attached hydrogens (tertiary/aromatic N) is 4. The van der Waals surface area contributed by atoms with Gasteiger partial charge in [-0.1, -0.05) is 18.2 Å². The first-order chi connectivity index (χ1) is 13.5. The normalized spacial score (nSPS) is 18.8. The van der Waals surface area contributed by atoms with Gasteiger partial charge in [0, 0.05) is 57.7 Å². The Balaban J connectivity index is 1.52. The number of amides is 1. The van der Waals surface area contributed by atoms with E-state index in [1.165, 1.54) is 4.31 Å². The molecule has 0 bridgehead atoms. The summed E-state index contributed by atoms with van der Waals surface area (Å²) in [6.45, 7) is 6.13. The number of sulfonamides is 1. The summed E-state index contributed by atoms with van der Waals surface area (Å²) in [7, 11) is -3.61. The molecule has 1 saturated heterocycles. The van der Waals surface area contributed by atoms with Gasteiger partial charge in [-0.05, 0) is 31.5 Å². The summed E-state index contributed by atoms with van der Waals surface area (Å²) in [4.78, 5) is 16.9. The number of piperazine rings is 1. The third kappa shape index (κ3) is 3.42. The van der Waals surface area contributed by atoms with Gasteiger partial charge in [-0.3, -0.25) is 4.79 Å². The third-order valence-corrected chi connectivity index (χ3v) is 7.45. The van der Waals surface area contributed by atoms with E-state index >= 15 is 0 Å². The van der Waals surface area contributed by atoms with Crippen molar-refractivity contribution < 1.29 is 13.2 Å². The third-order valence-electron chi connectivity index (χ3n) is 5.58. The first-order valence-electron chi connectivity index (χ1n) is 9.80. The maximum absolute atomic E-state index is 13.2. The van der Waals surface area contributed by atoms with Crippen LogP contribution >= 0.6 is 0 Å². The van der Waals surface area contributed by atoms with Crippen LogP contribution in [0.25, 0.3) is 0 Å². The highest BCUT2D eigenvalue weighted by atomic mass is 32.2. The molecule has 0 saturated carbocycles. The SMILES string of the molecule is CCN1CCCn2cc(S(=O)(=O)N3CCN(c4ccccc4)CC3)cc2C1=O. The number of aryl methyl sites for hydroxylation is 1. The second kappa shape index (κ2) is 7.60. The van der Waals surface area contributed by atoms with Gasteiger partial charge < -0.3 is 14.4 Å². The highest BCUT2D eigenvalue weighted by Gasteiger charge is 2.32. The van der Waals surface area contributed by atoms with Crippen LogP contribution in [-0.4, -0.2) is 67.4 Å². The number of aromatic nitrogens is 1. The molecule has 0 atom stereocenters. The summed E-state index contributed by atoms with van der Waals surface area (Å²) in [5, 5.41) is 0. The fourth-order valence-electron chi connectivity index (χ4n) is 3.96. The predicted molar refractivity (Wildman–Crippen MR) is 108 cm³/mol. The van der Waals surface area contributed by atoms with Crippen LogP contribution in [0.15, 0.2) is 47.5 Å². The molecule has 0 spiro atoms. The number of rotatable bonds is 4. The molecule has 2 aromatic rings. The fraction of sp³-hybridized carbons (Fsp3) is 0.450. The zero-order valence-corrected chi connectivity index (χ0v) is 16.9. The van der Waals surface area contributed by atoms with Crippen LogP contribution in [0.2, 0.25) is 0 Å². The molecule has 8 heteroatoms. The van der Waals surface area contributed by atoms with Crippen molar-refractivity contribution in [2.45, 2.75) is 24.8 Å². The number of carbonyl (C=O) groups excluding carboxylic acids is 1. The minimum Gasteiger partial charge on any atom is -0.369 e. The monoisotopic (exact) mass is 402 g/mol. The van der Waals surface area contributed by atoms with Crippen molar-refractivity contribution in [3.8, 4) is 0 Å². The summed E-state index contributed by atoms with van der Waals surface area (Å²) < 4.78 is 29.7. The summed E-state index contributed by atoms with van der Waals surface area (Å²) in [5.41, 5.74) is 1.58. The second-order valence-corrected chi connectivity index (χ2v) is 9.16. The largest absolute Gasteiger partial charge is 0.369 e. The molecule has 7 nitrogen and oxygen atoms in total. The molecule has 28 heavy (non-hydrogen) atoms. The topological polar surface area (TPSA) is 65.9 Å². The molecule has 4 rings (SSSR count). The van der Waals surface area contributed by atoms with Crippen LogP contribution in [-0.2, 0) is 16.6 Å². The molecule has 2 aliphatic rings. The van der Waals surface area contributed by atoms with Crippen LogP contribution in [0.1, 0.15) is 23.8 Å². The van der Waals surface area contributed by atoms with E-state index in [-0.39, 0.29) is 10.8 Å². The standard InChI is InChI=1S/C20H26N4O3S/c1-2-21-9-6-10-23-16-18(15-19(23)20(21)25)28(26,27)24-13-11-22(12-14-24)17-7-4-3-5-8-17/h3-5,7-8,15-16H,2,6,9-14H2,1H3. The Morgan fingerprint density at radius 1 is 0.964 bits per heavy atom. The van der Waals surface area contributed by atoms with Crippen LogP contribution in [0.5, 0.6) is 0 Å². The number of fused-ring (bicyclic) bond motifs is 1. The fourth-order valence-corrected chi connectivity index (χ4v) is 5.42. The number of anilines is 1. The highest BCUT2D eigenvalue weighted by molar-refractivity contribution is 7.89. The number of para-hydroxylation sites is 1. The minimum absolute atomic E-state index is 0.0876. The van der Waals surface area contributed by atoms with Gasteiger partial charge in [0.25, 0.3) is 5.91 Å². The van der Waals surface area contributed by atoms with Gasteiger partial charge in [-0.2, -0.15) is 4.31 Å². The maximum atomic E-state index is 13.2. The van der Waals surface area contributed by atoms with Crippen molar-refractivity contribution in [2.24, 2.45) is 0 Å². The van der Waals surface area contributed by atoms with Crippen LogP contribution in [0, 0.1) is 0 Å². The van der Waals surface area contributed by atoms with Crippen molar-refractivity contribution in [3.63, 3.8) is 0 Å². The molecule has 2 aliphatic heterocycles. The van der Waals surface area contributed by atoms with Gasteiger partial charge in [-0.25, -0.2) is 8.42 Å². The van der Waals surface area contributed by atoms with Gasteiger partial charge in [0.1, 0.15) is 10.6 Å². The van der Waals surface area contributed by atoms with Gasteiger partial charge >= 0.3 is 0 Å². The van der Waals surface area contributed by atoms with Crippen molar-refractivity contribution in [1.29, 1.82) is 0 Å². The van der Waals surface area contributed by atoms with Gasteiger partial charge in [0.2, 0.25) is 10.0 Å². The summed E-state index contributed by atoms with van der Waals surface area (Å²) in [5.74, 6) is -0.0876. The quantitative estimate of drug-likeness (QED) is 0.783. The van der Waals surface area contributed by atoms with Crippen molar-refractivity contribution >= 4 is 21.6 Å². The van der Waals surface area contributed by atoms with E-state index in [9.17, 15) is 13.2 Å². The Morgan fingerprint density at radius 3 is 2.36 bits per heavy atom. The number of hydrogen-bond acceptors (Lipinski definition) is 4. The number of benzene rings is 1. The molecule has 0 N–H and O–H groups in total. The van der Waals surface area contributed by atoms with Crippen molar-refractivity contribution in [1.82, 2.24) is 13.8 Å². The average molecular weight is 403 g/mol. The maximum Gasteiger partial charge on any atom is 0.270 e. The van der Waals surface area contributed by atoms with E-state index in [2.05, 4.69) is 4.90 Å². The lowest BCUT2D eigenvalue weighted by Crippen LogP contribution is -2.48. The zero-order chi connectivity index (χ0) is 19.7. The molecule has 1 aromatic heterocycles. The van der Waals surface area contributed by atoms with Crippen LogP contribution in [0.4, 0.5) is 5.69 Å². The van der Waals surface area contributed by atoms with E-state index in [0.717, 1.165) is 12.1 Å². The lowest BCUT2D eigenvalue weighted by Gasteiger charge is -2.35. The summed E-state index contributed by atoms with van der Waals surface area (Å²) in [6, 6.07) is 11.6. The zero-order valence-electron chi connectivity index (χ0n) is 16.1. The number of carbonyl (C=O) groups is 1. The van der Waals surface area contributed by atoms with Crippen molar-refractivity contribution in [2.75, 3.05) is 44.2 Å².